The molecule has 1 saturated heterocycles. The Kier molecular flexibility index (Phi) is 6.90. The molecule has 1 aromatic heterocycles. The SMILES string of the molecule is CCOC(=O)c1cc(-c2ccccc2)n(CCC(=O)N2CCCCCC2)c1C. The van der Waals surface area contributed by atoms with Gasteiger partial charge in [0.1, 0.15) is 0 Å². The number of hydrogen-bond donors (Lipinski definition) is 0. The Morgan fingerprint density at radius 2 is 1.71 bits per heavy atom. The number of nitrogens with zero attached hydrogens (tertiary/aromatic N) is 2. The second-order valence-electron chi connectivity index (χ2n) is 7.31. The number of amides is 1. The van der Waals surface area contributed by atoms with Crippen LogP contribution >= 0.6 is 0 Å². The van der Waals surface area contributed by atoms with E-state index in [9.17, 15) is 9.59 Å². The molecule has 3 rings (SSSR count). The van der Waals surface area contributed by atoms with Gasteiger partial charge in [-0.1, -0.05) is 43.2 Å². The fraction of sp³-hybridized carbons (Fsp3) is 0.478. The van der Waals surface area contributed by atoms with Crippen molar-refractivity contribution in [1.82, 2.24) is 9.47 Å². The highest BCUT2D eigenvalue weighted by Gasteiger charge is 2.21. The van der Waals surface area contributed by atoms with Gasteiger partial charge in [-0.2, -0.15) is 0 Å². The van der Waals surface area contributed by atoms with E-state index in [1.54, 1.807) is 0 Å². The van der Waals surface area contributed by atoms with Gasteiger partial charge in [-0.25, -0.2) is 4.79 Å². The molecule has 2 aromatic rings. The summed E-state index contributed by atoms with van der Waals surface area (Å²) < 4.78 is 7.30. The molecular formula is C23H30N2O3. The standard InChI is InChI=1S/C23H30N2O3/c1-3-28-23(27)20-17-21(19-11-7-6-8-12-19)25(18(20)2)16-13-22(26)24-14-9-4-5-10-15-24/h6-8,11-12,17H,3-5,9-10,13-16H2,1-2H3. The minimum atomic E-state index is -0.310. The molecule has 0 N–H and O–H groups in total. The molecule has 5 nitrogen and oxygen atoms in total. The van der Waals surface area contributed by atoms with E-state index in [2.05, 4.69) is 4.57 Å². The van der Waals surface area contributed by atoms with Crippen LogP contribution in [0.3, 0.4) is 0 Å². The van der Waals surface area contributed by atoms with Crippen LogP contribution in [0.2, 0.25) is 0 Å². The lowest BCUT2D eigenvalue weighted by Crippen LogP contribution is -2.32. The number of likely N-dealkylation sites (tertiary alicyclic amines) is 1. The Bertz CT molecular complexity index is 803. The van der Waals surface area contributed by atoms with Crippen LogP contribution in [0.4, 0.5) is 0 Å². The monoisotopic (exact) mass is 382 g/mol. The molecular weight excluding hydrogens is 352 g/mol. The van der Waals surface area contributed by atoms with Crippen molar-refractivity contribution in [2.75, 3.05) is 19.7 Å². The summed E-state index contributed by atoms with van der Waals surface area (Å²) in [5.74, 6) is -0.110. The zero-order chi connectivity index (χ0) is 19.9. The van der Waals surface area contributed by atoms with Crippen LogP contribution in [0.5, 0.6) is 0 Å². The lowest BCUT2D eigenvalue weighted by molar-refractivity contribution is -0.131. The first-order chi connectivity index (χ1) is 13.6. The average molecular weight is 383 g/mol. The van der Waals surface area contributed by atoms with Gasteiger partial charge in [0, 0.05) is 37.4 Å². The lowest BCUT2D eigenvalue weighted by Gasteiger charge is -2.21. The summed E-state index contributed by atoms with van der Waals surface area (Å²) in [7, 11) is 0. The smallest absolute Gasteiger partial charge is 0.339 e. The van der Waals surface area contributed by atoms with E-state index in [1.165, 1.54) is 12.8 Å². The van der Waals surface area contributed by atoms with E-state index < -0.39 is 0 Å². The van der Waals surface area contributed by atoms with Crippen molar-refractivity contribution < 1.29 is 14.3 Å². The van der Waals surface area contributed by atoms with E-state index in [1.807, 2.05) is 55.1 Å². The third-order valence-electron chi connectivity index (χ3n) is 5.44. The van der Waals surface area contributed by atoms with E-state index >= 15 is 0 Å². The number of hydrogen-bond acceptors (Lipinski definition) is 3. The summed E-state index contributed by atoms with van der Waals surface area (Å²) in [5.41, 5.74) is 3.40. The summed E-state index contributed by atoms with van der Waals surface area (Å²) in [6, 6.07) is 11.9. The van der Waals surface area contributed by atoms with Gasteiger partial charge in [-0.3, -0.25) is 4.79 Å². The molecule has 0 spiro atoms. The summed E-state index contributed by atoms with van der Waals surface area (Å²) >= 11 is 0. The van der Waals surface area contributed by atoms with Crippen molar-refractivity contribution in [3.05, 3.63) is 47.7 Å². The number of carbonyl (C=O) groups excluding carboxylic acids is 2. The molecule has 1 aliphatic heterocycles. The molecule has 150 valence electrons. The Balaban J connectivity index is 1.83. The molecule has 0 radical (unpaired) electrons. The third kappa shape index (κ3) is 4.64. The van der Waals surface area contributed by atoms with Crippen LogP contribution in [0, 0.1) is 6.92 Å². The Morgan fingerprint density at radius 1 is 1.04 bits per heavy atom. The number of aromatic nitrogens is 1. The Morgan fingerprint density at radius 3 is 2.36 bits per heavy atom. The largest absolute Gasteiger partial charge is 0.462 e. The molecule has 0 aliphatic carbocycles. The van der Waals surface area contributed by atoms with Crippen molar-refractivity contribution in [2.24, 2.45) is 0 Å². The molecule has 1 fully saturated rings. The highest BCUT2D eigenvalue weighted by molar-refractivity contribution is 5.92. The van der Waals surface area contributed by atoms with Gasteiger partial charge < -0.3 is 14.2 Å². The van der Waals surface area contributed by atoms with Crippen molar-refractivity contribution in [2.45, 2.75) is 52.5 Å². The van der Waals surface area contributed by atoms with Crippen LogP contribution in [0.15, 0.2) is 36.4 Å². The molecule has 28 heavy (non-hydrogen) atoms. The van der Waals surface area contributed by atoms with E-state index in [4.69, 9.17) is 4.74 Å². The first-order valence-corrected chi connectivity index (χ1v) is 10.3. The van der Waals surface area contributed by atoms with Gasteiger partial charge in [0.05, 0.1) is 12.2 Å². The number of carbonyl (C=O) groups is 2. The maximum atomic E-state index is 12.7. The highest BCUT2D eigenvalue weighted by atomic mass is 16.5. The second kappa shape index (κ2) is 9.58. The zero-order valence-electron chi connectivity index (χ0n) is 16.9. The molecule has 0 unspecified atom stereocenters. The van der Waals surface area contributed by atoms with Crippen LogP contribution in [0.1, 0.15) is 55.1 Å². The van der Waals surface area contributed by atoms with Crippen molar-refractivity contribution >= 4 is 11.9 Å². The van der Waals surface area contributed by atoms with Crippen LogP contribution in [-0.4, -0.2) is 41.0 Å². The minimum absolute atomic E-state index is 0.201. The van der Waals surface area contributed by atoms with E-state index in [0.717, 1.165) is 42.9 Å². The van der Waals surface area contributed by atoms with Gasteiger partial charge in [0.15, 0.2) is 0 Å². The van der Waals surface area contributed by atoms with Gasteiger partial charge in [0.25, 0.3) is 0 Å². The molecule has 5 heteroatoms. The van der Waals surface area contributed by atoms with Crippen LogP contribution in [-0.2, 0) is 16.1 Å². The number of ether oxygens (including phenoxy) is 1. The molecule has 0 atom stereocenters. The molecule has 1 aliphatic rings. The third-order valence-corrected chi connectivity index (χ3v) is 5.44. The molecule has 2 heterocycles. The lowest BCUT2D eigenvalue weighted by atomic mass is 10.1. The predicted molar refractivity (Wildman–Crippen MR) is 110 cm³/mol. The maximum absolute atomic E-state index is 12.7. The van der Waals surface area contributed by atoms with Gasteiger partial charge in [-0.05, 0) is 38.3 Å². The Labute approximate surface area is 167 Å². The minimum Gasteiger partial charge on any atom is -0.462 e. The van der Waals surface area contributed by atoms with Crippen molar-refractivity contribution in [3.8, 4) is 11.3 Å². The van der Waals surface area contributed by atoms with E-state index in [0.29, 0.717) is 25.1 Å². The number of rotatable bonds is 6. The first-order valence-electron chi connectivity index (χ1n) is 10.3. The average Bonchev–Trinajstić information content (AvgIpc) is 2.88. The first kappa shape index (κ1) is 20.2. The van der Waals surface area contributed by atoms with Gasteiger partial charge in [-0.15, -0.1) is 0 Å². The second-order valence-corrected chi connectivity index (χ2v) is 7.31. The van der Waals surface area contributed by atoms with Crippen LogP contribution in [0.25, 0.3) is 11.3 Å². The van der Waals surface area contributed by atoms with Gasteiger partial charge >= 0.3 is 5.97 Å². The summed E-state index contributed by atoms with van der Waals surface area (Å²) in [6.45, 7) is 6.37. The summed E-state index contributed by atoms with van der Waals surface area (Å²) in [6.07, 6.45) is 5.05. The van der Waals surface area contributed by atoms with Crippen molar-refractivity contribution in [1.29, 1.82) is 0 Å². The summed E-state index contributed by atoms with van der Waals surface area (Å²) in [5, 5.41) is 0. The topological polar surface area (TPSA) is 51.5 Å². The Hall–Kier alpha value is -2.56. The fourth-order valence-electron chi connectivity index (χ4n) is 3.88. The van der Waals surface area contributed by atoms with Gasteiger partial charge in [0.2, 0.25) is 5.91 Å². The van der Waals surface area contributed by atoms with Crippen molar-refractivity contribution in [3.63, 3.8) is 0 Å². The zero-order valence-corrected chi connectivity index (χ0v) is 16.9. The predicted octanol–water partition coefficient (Wildman–Crippen LogP) is 4.43. The highest BCUT2D eigenvalue weighted by Crippen LogP contribution is 2.27. The van der Waals surface area contributed by atoms with Crippen LogP contribution < -0.4 is 0 Å². The maximum Gasteiger partial charge on any atom is 0.339 e. The molecule has 1 aromatic carbocycles. The number of esters is 1. The molecule has 1 amide bonds. The van der Waals surface area contributed by atoms with E-state index in [-0.39, 0.29) is 11.9 Å². The number of benzene rings is 1. The normalized spacial score (nSPS) is 14.6. The molecule has 0 saturated carbocycles. The summed E-state index contributed by atoms with van der Waals surface area (Å²) in [4.78, 5) is 27.1. The fourth-order valence-corrected chi connectivity index (χ4v) is 3.88. The molecule has 0 bridgehead atoms. The quantitative estimate of drug-likeness (QED) is 0.695.